The summed E-state index contributed by atoms with van der Waals surface area (Å²) < 4.78 is 2.08. The number of hydrogen-bond acceptors (Lipinski definition) is 3. The van der Waals surface area contributed by atoms with E-state index < -0.39 is 0 Å². The van der Waals surface area contributed by atoms with Crippen molar-refractivity contribution < 1.29 is 0 Å². The van der Waals surface area contributed by atoms with Crippen LogP contribution in [0.2, 0.25) is 5.02 Å². The Morgan fingerprint density at radius 2 is 2.05 bits per heavy atom. The second-order valence-corrected chi connectivity index (χ2v) is 6.95. The SMILES string of the molecule is C=C(C)Cn1c(SC(C)C)nnc1-c1ccccc1Cl. The molecule has 2 aromatic rings. The van der Waals surface area contributed by atoms with Gasteiger partial charge in [0.15, 0.2) is 11.0 Å². The topological polar surface area (TPSA) is 30.7 Å². The molecule has 1 aromatic carbocycles. The summed E-state index contributed by atoms with van der Waals surface area (Å²) in [6, 6.07) is 7.70. The van der Waals surface area contributed by atoms with Crippen molar-refractivity contribution in [3.63, 3.8) is 0 Å². The van der Waals surface area contributed by atoms with E-state index in [9.17, 15) is 0 Å². The van der Waals surface area contributed by atoms with Crippen molar-refractivity contribution in [3.8, 4) is 11.4 Å². The molecule has 0 saturated carbocycles. The molecule has 20 heavy (non-hydrogen) atoms. The van der Waals surface area contributed by atoms with Crippen molar-refractivity contribution in [3.05, 3.63) is 41.4 Å². The van der Waals surface area contributed by atoms with Gasteiger partial charge >= 0.3 is 0 Å². The molecule has 0 fully saturated rings. The molecule has 0 unspecified atom stereocenters. The Labute approximate surface area is 129 Å². The average molecular weight is 308 g/mol. The Balaban J connectivity index is 2.50. The van der Waals surface area contributed by atoms with Gasteiger partial charge in [-0.05, 0) is 19.1 Å². The highest BCUT2D eigenvalue weighted by atomic mass is 35.5. The van der Waals surface area contributed by atoms with Crippen LogP contribution in [0.1, 0.15) is 20.8 Å². The summed E-state index contributed by atoms with van der Waals surface area (Å²) in [6.45, 7) is 11.0. The standard InChI is InChI=1S/C15H18ClN3S/c1-10(2)9-19-14(12-7-5-6-8-13(12)16)17-18-15(19)20-11(3)4/h5-8,11H,1,9H2,2-4H3. The summed E-state index contributed by atoms with van der Waals surface area (Å²) in [7, 11) is 0. The highest BCUT2D eigenvalue weighted by Gasteiger charge is 2.17. The van der Waals surface area contributed by atoms with E-state index in [-0.39, 0.29) is 0 Å². The van der Waals surface area contributed by atoms with Crippen LogP contribution in [0, 0.1) is 0 Å². The molecular formula is C15H18ClN3S. The molecule has 0 saturated heterocycles. The summed E-state index contributed by atoms with van der Waals surface area (Å²) in [5, 5.41) is 10.7. The lowest BCUT2D eigenvalue weighted by atomic mass is 10.2. The molecule has 0 radical (unpaired) electrons. The number of hydrogen-bond donors (Lipinski definition) is 0. The van der Waals surface area contributed by atoms with E-state index in [1.54, 1.807) is 11.8 Å². The summed E-state index contributed by atoms with van der Waals surface area (Å²) in [4.78, 5) is 0. The monoisotopic (exact) mass is 307 g/mol. The molecule has 0 N–H and O–H groups in total. The third-order valence-electron chi connectivity index (χ3n) is 2.60. The number of thioether (sulfide) groups is 1. The molecular weight excluding hydrogens is 290 g/mol. The predicted octanol–water partition coefficient (Wildman–Crippen LogP) is 4.68. The van der Waals surface area contributed by atoms with Crippen LogP contribution in [0.25, 0.3) is 11.4 Å². The fourth-order valence-electron chi connectivity index (χ4n) is 1.84. The summed E-state index contributed by atoms with van der Waals surface area (Å²) in [5.41, 5.74) is 1.96. The van der Waals surface area contributed by atoms with Crippen LogP contribution in [0.3, 0.4) is 0 Å². The van der Waals surface area contributed by atoms with Gasteiger partial charge in [0.25, 0.3) is 0 Å². The number of aromatic nitrogens is 3. The predicted molar refractivity (Wildman–Crippen MR) is 86.3 cm³/mol. The van der Waals surface area contributed by atoms with Crippen LogP contribution in [-0.4, -0.2) is 20.0 Å². The van der Waals surface area contributed by atoms with Crippen LogP contribution >= 0.6 is 23.4 Å². The molecule has 0 atom stereocenters. The second-order valence-electron chi connectivity index (χ2n) is 5.00. The van der Waals surface area contributed by atoms with E-state index in [4.69, 9.17) is 11.6 Å². The third-order valence-corrected chi connectivity index (χ3v) is 3.91. The highest BCUT2D eigenvalue weighted by molar-refractivity contribution is 7.99. The number of benzene rings is 1. The lowest BCUT2D eigenvalue weighted by Gasteiger charge is -2.11. The average Bonchev–Trinajstić information content (AvgIpc) is 2.72. The van der Waals surface area contributed by atoms with Crippen LogP contribution in [0.4, 0.5) is 0 Å². The molecule has 0 bridgehead atoms. The third kappa shape index (κ3) is 3.44. The maximum absolute atomic E-state index is 6.27. The van der Waals surface area contributed by atoms with Gasteiger partial charge in [-0.1, -0.05) is 61.5 Å². The maximum Gasteiger partial charge on any atom is 0.192 e. The molecule has 0 aliphatic carbocycles. The molecule has 1 aromatic heterocycles. The first kappa shape index (κ1) is 15.1. The minimum atomic E-state index is 0.446. The quantitative estimate of drug-likeness (QED) is 0.594. The van der Waals surface area contributed by atoms with Gasteiger partial charge in [0.05, 0.1) is 5.02 Å². The Morgan fingerprint density at radius 3 is 2.65 bits per heavy atom. The number of nitrogens with zero attached hydrogens (tertiary/aromatic N) is 3. The number of allylic oxidation sites excluding steroid dienone is 1. The Morgan fingerprint density at radius 1 is 1.35 bits per heavy atom. The maximum atomic E-state index is 6.27. The van der Waals surface area contributed by atoms with Gasteiger partial charge in [0.2, 0.25) is 0 Å². The van der Waals surface area contributed by atoms with Crippen molar-refractivity contribution in [2.24, 2.45) is 0 Å². The first-order chi connectivity index (χ1) is 9.49. The van der Waals surface area contributed by atoms with Gasteiger partial charge in [0.1, 0.15) is 0 Å². The largest absolute Gasteiger partial charge is 0.298 e. The molecule has 1 heterocycles. The van der Waals surface area contributed by atoms with Gasteiger partial charge in [0, 0.05) is 17.4 Å². The summed E-state index contributed by atoms with van der Waals surface area (Å²) >= 11 is 7.97. The zero-order valence-corrected chi connectivity index (χ0v) is 13.5. The Bertz CT molecular complexity index is 619. The molecule has 0 aliphatic rings. The molecule has 5 heteroatoms. The molecule has 0 amide bonds. The van der Waals surface area contributed by atoms with Gasteiger partial charge in [-0.2, -0.15) is 0 Å². The first-order valence-electron chi connectivity index (χ1n) is 6.48. The molecule has 2 rings (SSSR count). The first-order valence-corrected chi connectivity index (χ1v) is 7.74. The van der Waals surface area contributed by atoms with Crippen molar-refractivity contribution in [2.75, 3.05) is 0 Å². The summed E-state index contributed by atoms with van der Waals surface area (Å²) in [5.74, 6) is 0.793. The minimum Gasteiger partial charge on any atom is -0.298 e. The molecule has 0 aliphatic heterocycles. The zero-order valence-electron chi connectivity index (χ0n) is 11.9. The van der Waals surface area contributed by atoms with E-state index in [2.05, 4.69) is 35.2 Å². The normalized spacial score (nSPS) is 11.1. The molecule has 106 valence electrons. The van der Waals surface area contributed by atoms with Gasteiger partial charge in [-0.3, -0.25) is 4.57 Å². The lowest BCUT2D eigenvalue weighted by molar-refractivity contribution is 0.704. The fourth-order valence-corrected chi connectivity index (χ4v) is 2.85. The Kier molecular flexibility index (Phi) is 4.89. The van der Waals surface area contributed by atoms with Crippen LogP contribution in [0.15, 0.2) is 41.6 Å². The van der Waals surface area contributed by atoms with Crippen LogP contribution in [0.5, 0.6) is 0 Å². The van der Waals surface area contributed by atoms with E-state index in [1.807, 2.05) is 31.2 Å². The van der Waals surface area contributed by atoms with Gasteiger partial charge in [-0.15, -0.1) is 10.2 Å². The molecule has 0 spiro atoms. The van der Waals surface area contributed by atoms with Crippen molar-refractivity contribution in [1.82, 2.24) is 14.8 Å². The highest BCUT2D eigenvalue weighted by Crippen LogP contribution is 2.30. The number of rotatable bonds is 5. The van der Waals surface area contributed by atoms with E-state index in [0.29, 0.717) is 16.8 Å². The van der Waals surface area contributed by atoms with Crippen LogP contribution in [-0.2, 0) is 6.54 Å². The van der Waals surface area contributed by atoms with E-state index in [1.165, 1.54) is 0 Å². The van der Waals surface area contributed by atoms with E-state index >= 15 is 0 Å². The minimum absolute atomic E-state index is 0.446. The van der Waals surface area contributed by atoms with Gasteiger partial charge < -0.3 is 0 Å². The zero-order chi connectivity index (χ0) is 14.7. The van der Waals surface area contributed by atoms with E-state index in [0.717, 1.165) is 22.1 Å². The Hall–Kier alpha value is -1.26. The second kappa shape index (κ2) is 6.46. The van der Waals surface area contributed by atoms with Crippen molar-refractivity contribution >= 4 is 23.4 Å². The van der Waals surface area contributed by atoms with Gasteiger partial charge in [-0.25, -0.2) is 0 Å². The van der Waals surface area contributed by atoms with Crippen LogP contribution < -0.4 is 0 Å². The lowest BCUT2D eigenvalue weighted by Crippen LogP contribution is -2.04. The van der Waals surface area contributed by atoms with Crippen molar-refractivity contribution in [1.29, 1.82) is 0 Å². The van der Waals surface area contributed by atoms with Crippen molar-refractivity contribution in [2.45, 2.75) is 37.7 Å². The number of halogens is 1. The molecule has 3 nitrogen and oxygen atoms in total. The fraction of sp³-hybridized carbons (Fsp3) is 0.333. The summed E-state index contributed by atoms with van der Waals surface area (Å²) in [6.07, 6.45) is 0. The smallest absolute Gasteiger partial charge is 0.192 e.